The number of halogens is 1. The molecule has 0 radical (unpaired) electrons. The van der Waals surface area contributed by atoms with Gasteiger partial charge in [0.1, 0.15) is 5.75 Å². The molecule has 0 fully saturated rings. The van der Waals surface area contributed by atoms with E-state index in [-0.39, 0.29) is 18.0 Å². The van der Waals surface area contributed by atoms with Gasteiger partial charge in [0.2, 0.25) is 0 Å². The Kier molecular flexibility index (Phi) is 6.08. The molecule has 2 aromatic carbocycles. The van der Waals surface area contributed by atoms with Crippen LogP contribution in [0.4, 0.5) is 0 Å². The number of ether oxygens (including phenoxy) is 2. The van der Waals surface area contributed by atoms with Crippen LogP contribution in [-0.2, 0) is 9.53 Å². The average molecular weight is 393 g/mol. The van der Waals surface area contributed by atoms with Crippen molar-refractivity contribution < 1.29 is 29.0 Å². The van der Waals surface area contributed by atoms with Crippen molar-refractivity contribution in [1.29, 1.82) is 0 Å². The molecular formula is C17H13BrO6. The highest BCUT2D eigenvalue weighted by atomic mass is 79.9. The van der Waals surface area contributed by atoms with Crippen molar-refractivity contribution in [3.8, 4) is 5.75 Å². The van der Waals surface area contributed by atoms with Crippen LogP contribution in [0.15, 0.2) is 53.0 Å². The molecule has 2 rings (SSSR count). The van der Waals surface area contributed by atoms with E-state index in [4.69, 9.17) is 14.6 Å². The number of hydrogen-bond donors (Lipinski definition) is 1. The van der Waals surface area contributed by atoms with E-state index in [9.17, 15) is 14.4 Å². The number of rotatable bonds is 7. The third-order valence-corrected chi connectivity index (χ3v) is 3.43. The topological polar surface area (TPSA) is 89.9 Å². The van der Waals surface area contributed by atoms with Gasteiger partial charge in [-0.2, -0.15) is 0 Å². The lowest BCUT2D eigenvalue weighted by atomic mass is 10.1. The number of carbonyl (C=O) groups excluding carboxylic acids is 2. The maximum atomic E-state index is 12.0. The maximum absolute atomic E-state index is 12.0. The fraction of sp³-hybridized carbons (Fsp3) is 0.118. The Bertz CT molecular complexity index is 754. The fourth-order valence-corrected chi connectivity index (χ4v) is 2.19. The van der Waals surface area contributed by atoms with Crippen molar-refractivity contribution in [3.63, 3.8) is 0 Å². The number of carboxylic acid groups (broad SMARTS) is 1. The van der Waals surface area contributed by atoms with Gasteiger partial charge in [0, 0.05) is 10.0 Å². The Morgan fingerprint density at radius 2 is 1.67 bits per heavy atom. The average Bonchev–Trinajstić information content (AvgIpc) is 2.58. The van der Waals surface area contributed by atoms with Crippen LogP contribution in [0.25, 0.3) is 0 Å². The van der Waals surface area contributed by atoms with Gasteiger partial charge in [-0.3, -0.25) is 4.79 Å². The Labute approximate surface area is 146 Å². The second-order valence-corrected chi connectivity index (χ2v) is 5.63. The summed E-state index contributed by atoms with van der Waals surface area (Å²) in [5.74, 6) is -1.74. The molecule has 0 aromatic heterocycles. The van der Waals surface area contributed by atoms with Crippen LogP contribution in [0.2, 0.25) is 0 Å². The molecule has 1 N–H and O–H groups in total. The predicted octanol–water partition coefficient (Wildman–Crippen LogP) is 2.95. The van der Waals surface area contributed by atoms with Gasteiger partial charge >= 0.3 is 11.9 Å². The van der Waals surface area contributed by atoms with E-state index in [1.165, 1.54) is 24.3 Å². The first-order valence-electron chi connectivity index (χ1n) is 6.86. The molecular weight excluding hydrogens is 380 g/mol. The second-order valence-electron chi connectivity index (χ2n) is 4.72. The zero-order chi connectivity index (χ0) is 17.5. The van der Waals surface area contributed by atoms with Gasteiger partial charge in [0.25, 0.3) is 0 Å². The van der Waals surface area contributed by atoms with E-state index in [0.29, 0.717) is 11.3 Å². The molecule has 0 heterocycles. The lowest BCUT2D eigenvalue weighted by Gasteiger charge is -2.06. The standard InChI is InChI=1S/C17H13BrO6/c18-13-3-1-2-12(8-13)15(19)9-24-17(22)11-4-6-14(7-5-11)23-10-16(20)21/h1-8H,9-10H2,(H,20,21). The Balaban J connectivity index is 1.90. The molecule has 0 saturated carbocycles. The zero-order valence-corrected chi connectivity index (χ0v) is 14.0. The highest BCUT2D eigenvalue weighted by molar-refractivity contribution is 9.10. The van der Waals surface area contributed by atoms with Crippen molar-refractivity contribution in [2.75, 3.05) is 13.2 Å². The zero-order valence-electron chi connectivity index (χ0n) is 12.4. The molecule has 6 nitrogen and oxygen atoms in total. The monoisotopic (exact) mass is 392 g/mol. The number of benzene rings is 2. The summed E-state index contributed by atoms with van der Waals surface area (Å²) in [6.07, 6.45) is 0. The van der Waals surface area contributed by atoms with Crippen LogP contribution in [0.3, 0.4) is 0 Å². The number of Topliss-reactive ketones (excluding diaryl/α,β-unsaturated/α-hetero) is 1. The Morgan fingerprint density at radius 1 is 0.958 bits per heavy atom. The number of aliphatic carboxylic acids is 1. The second kappa shape index (κ2) is 8.26. The summed E-state index contributed by atoms with van der Waals surface area (Å²) in [6.45, 7) is -0.836. The van der Waals surface area contributed by atoms with Gasteiger partial charge in [0.15, 0.2) is 19.0 Å². The normalized spacial score (nSPS) is 10.0. The van der Waals surface area contributed by atoms with E-state index < -0.39 is 18.5 Å². The Hall–Kier alpha value is -2.67. The van der Waals surface area contributed by atoms with Crippen molar-refractivity contribution >= 4 is 33.7 Å². The molecule has 2 aromatic rings. The first-order valence-corrected chi connectivity index (χ1v) is 7.65. The largest absolute Gasteiger partial charge is 0.482 e. The van der Waals surface area contributed by atoms with Crippen molar-refractivity contribution in [2.45, 2.75) is 0 Å². The van der Waals surface area contributed by atoms with E-state index in [1.807, 2.05) is 0 Å². The molecule has 24 heavy (non-hydrogen) atoms. The third-order valence-electron chi connectivity index (χ3n) is 2.93. The summed E-state index contributed by atoms with van der Waals surface area (Å²) >= 11 is 3.27. The van der Waals surface area contributed by atoms with Gasteiger partial charge in [-0.15, -0.1) is 0 Å². The predicted molar refractivity (Wildman–Crippen MR) is 88.3 cm³/mol. The number of ketones is 1. The minimum atomic E-state index is -1.09. The van der Waals surface area contributed by atoms with E-state index in [1.54, 1.807) is 24.3 Å². The molecule has 0 saturated heterocycles. The van der Waals surface area contributed by atoms with E-state index in [2.05, 4.69) is 15.9 Å². The van der Waals surface area contributed by atoms with Crippen LogP contribution < -0.4 is 4.74 Å². The summed E-state index contributed by atoms with van der Waals surface area (Å²) in [5.41, 5.74) is 0.675. The molecule has 0 aliphatic carbocycles. The fourth-order valence-electron chi connectivity index (χ4n) is 1.79. The van der Waals surface area contributed by atoms with Crippen LogP contribution in [0.5, 0.6) is 5.75 Å². The number of hydrogen-bond acceptors (Lipinski definition) is 5. The summed E-state index contributed by atoms with van der Waals surface area (Å²) < 4.78 is 10.7. The first kappa shape index (κ1) is 17.7. The quantitative estimate of drug-likeness (QED) is 0.575. The van der Waals surface area contributed by atoms with Crippen LogP contribution in [0, 0.1) is 0 Å². The molecule has 0 unspecified atom stereocenters. The number of carboxylic acids is 1. The molecule has 0 spiro atoms. The molecule has 7 heteroatoms. The lowest BCUT2D eigenvalue weighted by Crippen LogP contribution is -2.14. The maximum Gasteiger partial charge on any atom is 0.341 e. The molecule has 0 aliphatic rings. The third kappa shape index (κ3) is 5.20. The van der Waals surface area contributed by atoms with E-state index in [0.717, 1.165) is 4.47 Å². The van der Waals surface area contributed by atoms with Gasteiger partial charge in [-0.1, -0.05) is 28.1 Å². The minimum Gasteiger partial charge on any atom is -0.482 e. The molecule has 0 atom stereocenters. The van der Waals surface area contributed by atoms with Crippen molar-refractivity contribution in [1.82, 2.24) is 0 Å². The first-order chi connectivity index (χ1) is 11.5. The minimum absolute atomic E-state index is 0.236. The van der Waals surface area contributed by atoms with Crippen LogP contribution in [0.1, 0.15) is 20.7 Å². The summed E-state index contributed by atoms with van der Waals surface area (Å²) in [4.78, 5) is 34.3. The lowest BCUT2D eigenvalue weighted by molar-refractivity contribution is -0.139. The highest BCUT2D eigenvalue weighted by Gasteiger charge is 2.12. The molecule has 124 valence electrons. The van der Waals surface area contributed by atoms with Gasteiger partial charge in [-0.05, 0) is 36.4 Å². The van der Waals surface area contributed by atoms with Crippen LogP contribution in [-0.4, -0.2) is 36.0 Å². The smallest absolute Gasteiger partial charge is 0.341 e. The van der Waals surface area contributed by atoms with Gasteiger partial charge in [0.05, 0.1) is 5.56 Å². The SMILES string of the molecule is O=C(O)COc1ccc(C(=O)OCC(=O)c2cccc(Br)c2)cc1. The highest BCUT2D eigenvalue weighted by Crippen LogP contribution is 2.14. The van der Waals surface area contributed by atoms with Crippen molar-refractivity contribution in [2.24, 2.45) is 0 Å². The van der Waals surface area contributed by atoms with E-state index >= 15 is 0 Å². The summed E-state index contributed by atoms with van der Waals surface area (Å²) in [7, 11) is 0. The molecule has 0 amide bonds. The van der Waals surface area contributed by atoms with Crippen LogP contribution >= 0.6 is 15.9 Å². The van der Waals surface area contributed by atoms with Gasteiger partial charge < -0.3 is 14.6 Å². The summed E-state index contributed by atoms with van der Waals surface area (Å²) in [5, 5.41) is 8.52. The molecule has 0 bridgehead atoms. The number of carbonyl (C=O) groups is 3. The molecule has 0 aliphatic heterocycles. The van der Waals surface area contributed by atoms with Crippen molar-refractivity contribution in [3.05, 3.63) is 64.1 Å². The summed E-state index contributed by atoms with van der Waals surface area (Å²) in [6, 6.07) is 12.6. The Morgan fingerprint density at radius 3 is 2.29 bits per heavy atom. The van der Waals surface area contributed by atoms with Gasteiger partial charge in [-0.25, -0.2) is 9.59 Å². The number of esters is 1.